The summed E-state index contributed by atoms with van der Waals surface area (Å²) in [6.07, 6.45) is 0. The van der Waals surface area contributed by atoms with E-state index in [-0.39, 0.29) is 4.47 Å². The van der Waals surface area contributed by atoms with Crippen molar-refractivity contribution in [2.45, 2.75) is 0 Å². The van der Waals surface area contributed by atoms with Gasteiger partial charge in [0, 0.05) is 23.2 Å². The minimum atomic E-state index is -3.06. The zero-order chi connectivity index (χ0) is 18.0. The van der Waals surface area contributed by atoms with E-state index >= 15 is 0 Å². The van der Waals surface area contributed by atoms with Crippen LogP contribution in [0.2, 0.25) is 0 Å². The van der Waals surface area contributed by atoms with Gasteiger partial charge in [0.2, 0.25) is 0 Å². The fourth-order valence-electron chi connectivity index (χ4n) is 0.811. The predicted molar refractivity (Wildman–Crippen MR) is 57.2 cm³/mol. The SMILES string of the molecule is [2H]c1c([2H])c(N2CC([2H])([2H])OC([2H])([2H])C2([2H])[2H])c([2H])c([2H])c1Br. The van der Waals surface area contributed by atoms with Crippen LogP contribution in [0.25, 0.3) is 0 Å². The highest BCUT2D eigenvalue weighted by atomic mass is 79.9. The zero-order valence-corrected chi connectivity index (χ0v) is 8.03. The van der Waals surface area contributed by atoms with Crippen molar-refractivity contribution >= 4 is 21.6 Å². The first-order chi connectivity index (χ1) is 10.2. The van der Waals surface area contributed by atoms with Crippen LogP contribution < -0.4 is 4.90 Å². The van der Waals surface area contributed by atoms with Crippen LogP contribution in [0.3, 0.4) is 0 Å². The highest BCUT2D eigenvalue weighted by Gasteiger charge is 2.09. The minimum Gasteiger partial charge on any atom is -0.378 e. The summed E-state index contributed by atoms with van der Waals surface area (Å²) in [5, 5.41) is 0. The van der Waals surface area contributed by atoms with Gasteiger partial charge in [0.05, 0.1) is 26.8 Å². The molecule has 0 aliphatic carbocycles. The molecule has 0 radical (unpaired) electrons. The maximum Gasteiger partial charge on any atom is 0.0645 e. The average molecular weight is 252 g/mol. The van der Waals surface area contributed by atoms with Gasteiger partial charge in [-0.05, 0) is 24.2 Å². The van der Waals surface area contributed by atoms with Gasteiger partial charge in [-0.1, -0.05) is 15.9 Å². The molecule has 2 nitrogen and oxygen atoms in total. The summed E-state index contributed by atoms with van der Waals surface area (Å²) in [4.78, 5) is 0.545. The van der Waals surface area contributed by atoms with Crippen LogP contribution in [0.15, 0.2) is 28.6 Å². The lowest BCUT2D eigenvalue weighted by Gasteiger charge is -2.28. The average Bonchev–Trinajstić information content (AvgIpc) is 2.39. The lowest BCUT2D eigenvalue weighted by molar-refractivity contribution is 0.122. The van der Waals surface area contributed by atoms with Crippen molar-refractivity contribution in [3.05, 3.63) is 28.6 Å². The topological polar surface area (TPSA) is 12.5 Å². The largest absolute Gasteiger partial charge is 0.378 e. The van der Waals surface area contributed by atoms with Gasteiger partial charge in [0.25, 0.3) is 0 Å². The zero-order valence-electron chi connectivity index (χ0n) is 16.4. The Morgan fingerprint density at radius 3 is 2.92 bits per heavy atom. The second-order valence-corrected chi connectivity index (χ2v) is 3.00. The molecule has 13 heavy (non-hydrogen) atoms. The summed E-state index contributed by atoms with van der Waals surface area (Å²) in [6, 6.07) is -2.14. The van der Waals surface area contributed by atoms with Crippen LogP contribution >= 0.6 is 15.9 Å². The van der Waals surface area contributed by atoms with E-state index < -0.39 is 56.0 Å². The Hall–Kier alpha value is -0.540. The molecule has 0 unspecified atom stereocenters. The fraction of sp³-hybridized carbons (Fsp3) is 0.400. The summed E-state index contributed by atoms with van der Waals surface area (Å²) in [6.45, 7) is -9.34. The minimum absolute atomic E-state index is 0.115. The Labute approximate surface area is 101 Å². The summed E-state index contributed by atoms with van der Waals surface area (Å²) in [5.41, 5.74) is -0.524. The Morgan fingerprint density at radius 2 is 2.15 bits per heavy atom. The van der Waals surface area contributed by atoms with E-state index in [0.29, 0.717) is 4.90 Å². The van der Waals surface area contributed by atoms with Crippen LogP contribution in [-0.2, 0) is 4.74 Å². The molecular weight excluding hydrogens is 230 g/mol. The van der Waals surface area contributed by atoms with Crippen molar-refractivity contribution in [1.82, 2.24) is 0 Å². The smallest absolute Gasteiger partial charge is 0.0645 e. The second kappa shape index (κ2) is 4.11. The molecule has 3 heteroatoms. The molecular formula is C10H12BrNO. The molecule has 0 aromatic heterocycles. The number of halogens is 1. The number of hydrogen-bond acceptors (Lipinski definition) is 2. The molecule has 70 valence electrons. The Balaban J connectivity index is 2.74. The molecule has 1 aliphatic heterocycles. The summed E-state index contributed by atoms with van der Waals surface area (Å²) < 4.78 is 82.0. The highest BCUT2D eigenvalue weighted by molar-refractivity contribution is 9.10. The van der Waals surface area contributed by atoms with Gasteiger partial charge in [-0.25, -0.2) is 0 Å². The maximum absolute atomic E-state index is 7.93. The molecule has 1 heterocycles. The summed E-state index contributed by atoms with van der Waals surface area (Å²) in [7, 11) is 0. The molecule has 1 aromatic carbocycles. The number of benzene rings is 1. The van der Waals surface area contributed by atoms with Gasteiger partial charge in [0.1, 0.15) is 0 Å². The normalized spacial score (nSPS) is 40.2. The number of nitrogens with zero attached hydrogens (tertiary/aromatic N) is 1. The van der Waals surface area contributed by atoms with Crippen LogP contribution in [0.5, 0.6) is 0 Å². The number of hydrogen-bond donors (Lipinski definition) is 0. The van der Waals surface area contributed by atoms with Gasteiger partial charge < -0.3 is 9.64 Å². The van der Waals surface area contributed by atoms with E-state index in [1.165, 1.54) is 0 Å². The molecule has 0 amide bonds. The summed E-state index contributed by atoms with van der Waals surface area (Å²) >= 11 is 2.91. The predicted octanol–water partition coefficient (Wildman–Crippen LogP) is 2.29. The monoisotopic (exact) mass is 251 g/mol. The van der Waals surface area contributed by atoms with Crippen molar-refractivity contribution in [3.63, 3.8) is 0 Å². The molecule has 0 bridgehead atoms. The third-order valence-electron chi connectivity index (χ3n) is 1.38. The fourth-order valence-corrected chi connectivity index (χ4v) is 1.01. The van der Waals surface area contributed by atoms with Crippen molar-refractivity contribution in [2.24, 2.45) is 0 Å². The number of anilines is 1. The molecule has 0 N–H and O–H groups in total. The van der Waals surface area contributed by atoms with Crippen LogP contribution in [-0.4, -0.2) is 26.2 Å². The third kappa shape index (κ3) is 2.23. The van der Waals surface area contributed by atoms with Crippen molar-refractivity contribution in [1.29, 1.82) is 0 Å². The van der Waals surface area contributed by atoms with E-state index in [1.54, 1.807) is 0 Å². The standard InChI is InChI=1S/C10H12BrNO/c11-9-1-3-10(4-2-9)12-5-7-13-8-6-12/h1-4H,5-8H2/i1D,2D,3D,4D,5D2,7D2,8D2. The molecule has 0 saturated carbocycles. The van der Waals surface area contributed by atoms with Gasteiger partial charge >= 0.3 is 0 Å². The van der Waals surface area contributed by atoms with E-state index in [4.69, 9.17) is 13.7 Å². The molecule has 0 spiro atoms. The molecule has 1 saturated heterocycles. The quantitative estimate of drug-likeness (QED) is 0.760. The lowest BCUT2D eigenvalue weighted by atomic mass is 10.3. The van der Waals surface area contributed by atoms with E-state index in [9.17, 15) is 0 Å². The van der Waals surface area contributed by atoms with Crippen LogP contribution in [0.1, 0.15) is 13.7 Å². The van der Waals surface area contributed by atoms with E-state index in [0.717, 1.165) is 0 Å². The van der Waals surface area contributed by atoms with Crippen LogP contribution in [0.4, 0.5) is 5.69 Å². The molecule has 0 atom stereocenters. The second-order valence-electron chi connectivity index (χ2n) is 2.21. The molecule has 1 aromatic rings. The first kappa shape index (κ1) is 2.97. The number of rotatable bonds is 1. The van der Waals surface area contributed by atoms with Crippen molar-refractivity contribution in [3.8, 4) is 0 Å². The van der Waals surface area contributed by atoms with Gasteiger partial charge in [-0.2, -0.15) is 0 Å². The first-order valence-electron chi connectivity index (χ1n) is 8.46. The van der Waals surface area contributed by atoms with Gasteiger partial charge in [0.15, 0.2) is 0 Å². The highest BCUT2D eigenvalue weighted by Crippen LogP contribution is 2.18. The van der Waals surface area contributed by atoms with E-state index in [2.05, 4.69) is 20.7 Å². The molecule has 2 rings (SSSR count). The Bertz CT molecular complexity index is 635. The Morgan fingerprint density at radius 1 is 1.38 bits per heavy atom. The summed E-state index contributed by atoms with van der Waals surface area (Å²) in [5.74, 6) is 0. The molecule has 1 fully saturated rings. The van der Waals surface area contributed by atoms with Crippen molar-refractivity contribution < 1.29 is 18.4 Å². The first-order valence-corrected chi connectivity index (χ1v) is 4.26. The van der Waals surface area contributed by atoms with E-state index in [1.807, 2.05) is 0 Å². The van der Waals surface area contributed by atoms with Crippen LogP contribution in [0, 0.1) is 0 Å². The third-order valence-corrected chi connectivity index (χ3v) is 1.77. The maximum atomic E-state index is 7.93. The van der Waals surface area contributed by atoms with Gasteiger partial charge in [-0.15, -0.1) is 0 Å². The number of ether oxygens (including phenoxy) is 1. The van der Waals surface area contributed by atoms with Gasteiger partial charge in [-0.3, -0.25) is 0 Å². The molecule has 1 aliphatic rings. The Kier molecular flexibility index (Phi) is 0.941. The lowest BCUT2D eigenvalue weighted by Crippen LogP contribution is -2.36. The number of morpholine rings is 1. The van der Waals surface area contributed by atoms with Crippen molar-refractivity contribution in [2.75, 3.05) is 31.1 Å².